The number of amides is 4. The molecule has 9 heteroatoms. The van der Waals surface area contributed by atoms with Crippen molar-refractivity contribution in [3.8, 4) is 0 Å². The van der Waals surface area contributed by atoms with Gasteiger partial charge in [-0.25, -0.2) is 4.98 Å². The van der Waals surface area contributed by atoms with Gasteiger partial charge in [0.2, 0.25) is 0 Å². The molecule has 54 heavy (non-hydrogen) atoms. The van der Waals surface area contributed by atoms with Gasteiger partial charge in [0.25, 0.3) is 23.6 Å². The molecule has 0 bridgehead atoms. The van der Waals surface area contributed by atoms with E-state index in [0.29, 0.717) is 58.1 Å². The number of carbonyl (C=O) groups excluding carboxylic acids is 4. The predicted octanol–water partition coefficient (Wildman–Crippen LogP) is 9.80. The third-order valence-corrected chi connectivity index (χ3v) is 12.4. The molecule has 0 atom stereocenters. The first kappa shape index (κ1) is 37.8. The van der Waals surface area contributed by atoms with Gasteiger partial charge in [0.15, 0.2) is 0 Å². The number of carbonyl (C=O) groups is 4. The van der Waals surface area contributed by atoms with Crippen molar-refractivity contribution in [2.45, 2.75) is 153 Å². The maximum absolute atomic E-state index is 13.9. The number of nitrogens with one attached hydrogen (secondary N) is 2. The van der Waals surface area contributed by atoms with Gasteiger partial charge >= 0.3 is 0 Å². The van der Waals surface area contributed by atoms with Crippen LogP contribution in [0.25, 0.3) is 0 Å². The van der Waals surface area contributed by atoms with E-state index in [9.17, 15) is 19.2 Å². The van der Waals surface area contributed by atoms with E-state index >= 15 is 0 Å². The standard InChI is InChI=1S/C45H57N5O4/c51-42(32-24-28-34(29-25-32)44(53)49(36-14-5-1-6-15-36)37-16-7-2-8-17-37)47-40-22-13-23-41(46-40)48-43(52)33-26-30-35(31-27-33)45(54)50(38-18-9-3-10-19-38)39-20-11-4-12-21-39/h13,22-31,36-39H,1-12,14-21H2,(H2,46,47,48,51,52). The zero-order valence-electron chi connectivity index (χ0n) is 31.8. The molecule has 286 valence electrons. The topological polar surface area (TPSA) is 112 Å². The number of aromatic nitrogens is 1. The third-order valence-electron chi connectivity index (χ3n) is 12.4. The third kappa shape index (κ3) is 9.22. The lowest BCUT2D eigenvalue weighted by molar-refractivity contribution is 0.0441. The molecule has 4 aliphatic rings. The summed E-state index contributed by atoms with van der Waals surface area (Å²) < 4.78 is 0. The molecule has 4 saturated carbocycles. The van der Waals surface area contributed by atoms with Crippen LogP contribution < -0.4 is 10.6 Å². The number of nitrogens with zero attached hydrogens (tertiary/aromatic N) is 3. The molecular weight excluding hydrogens is 675 g/mol. The van der Waals surface area contributed by atoms with Crippen molar-refractivity contribution >= 4 is 35.3 Å². The predicted molar refractivity (Wildman–Crippen MR) is 213 cm³/mol. The van der Waals surface area contributed by atoms with E-state index in [1.165, 1.54) is 77.0 Å². The van der Waals surface area contributed by atoms with E-state index in [0.717, 1.165) is 51.4 Å². The summed E-state index contributed by atoms with van der Waals surface area (Å²) in [6.07, 6.45) is 22.9. The molecule has 7 rings (SSSR count). The molecule has 0 saturated heterocycles. The van der Waals surface area contributed by atoms with Gasteiger partial charge in [-0.15, -0.1) is 0 Å². The van der Waals surface area contributed by atoms with Crippen LogP contribution in [0.5, 0.6) is 0 Å². The van der Waals surface area contributed by atoms with Crippen LogP contribution in [0, 0.1) is 0 Å². The zero-order chi connectivity index (χ0) is 37.3. The summed E-state index contributed by atoms with van der Waals surface area (Å²) in [5.74, 6) is 0.0469. The van der Waals surface area contributed by atoms with Crippen LogP contribution in [0.2, 0.25) is 0 Å². The molecule has 9 nitrogen and oxygen atoms in total. The molecule has 2 aromatic carbocycles. The number of pyridine rings is 1. The fourth-order valence-corrected chi connectivity index (χ4v) is 9.47. The second kappa shape index (κ2) is 18.2. The Bertz CT molecular complexity index is 1570. The van der Waals surface area contributed by atoms with E-state index in [2.05, 4.69) is 25.4 Å². The molecule has 1 aromatic heterocycles. The summed E-state index contributed by atoms with van der Waals surface area (Å²) in [6, 6.07) is 20.1. The SMILES string of the molecule is O=C(Nc1cccc(NC(=O)c2ccc(C(=O)N(C3CCCCC3)C3CCCCC3)cc2)n1)c1ccc(C(=O)N(C2CCCCC2)C2CCCCC2)cc1. The van der Waals surface area contributed by atoms with Crippen LogP contribution in [-0.2, 0) is 0 Å². The average Bonchev–Trinajstić information content (AvgIpc) is 3.23. The van der Waals surface area contributed by atoms with E-state index in [1.807, 2.05) is 0 Å². The highest BCUT2D eigenvalue weighted by molar-refractivity contribution is 6.06. The Kier molecular flexibility index (Phi) is 12.7. The van der Waals surface area contributed by atoms with Crippen molar-refractivity contribution in [3.63, 3.8) is 0 Å². The molecular formula is C45H57N5O4. The summed E-state index contributed by atoms with van der Waals surface area (Å²) in [7, 11) is 0. The first-order valence-electron chi connectivity index (χ1n) is 20.9. The maximum atomic E-state index is 13.9. The fraction of sp³-hybridized carbons (Fsp3) is 0.533. The molecule has 2 N–H and O–H groups in total. The Balaban J connectivity index is 0.963. The largest absolute Gasteiger partial charge is 0.333 e. The van der Waals surface area contributed by atoms with Gasteiger partial charge in [0.1, 0.15) is 11.6 Å². The van der Waals surface area contributed by atoms with Gasteiger partial charge in [0.05, 0.1) is 0 Å². The lowest BCUT2D eigenvalue weighted by Gasteiger charge is -2.42. The monoisotopic (exact) mass is 731 g/mol. The van der Waals surface area contributed by atoms with E-state index < -0.39 is 0 Å². The Morgan fingerprint density at radius 1 is 0.407 bits per heavy atom. The van der Waals surface area contributed by atoms with E-state index in [4.69, 9.17) is 0 Å². The second-order valence-electron chi connectivity index (χ2n) is 16.1. The molecule has 3 aromatic rings. The summed E-state index contributed by atoms with van der Waals surface area (Å²) in [4.78, 5) is 63.1. The summed E-state index contributed by atoms with van der Waals surface area (Å²) in [6.45, 7) is 0. The van der Waals surface area contributed by atoms with Crippen LogP contribution >= 0.6 is 0 Å². The van der Waals surface area contributed by atoms with Crippen LogP contribution in [0.1, 0.15) is 170 Å². The molecule has 4 amide bonds. The van der Waals surface area contributed by atoms with E-state index in [1.54, 1.807) is 66.7 Å². The van der Waals surface area contributed by atoms with Gasteiger partial charge in [-0.2, -0.15) is 0 Å². The average molecular weight is 732 g/mol. The maximum Gasteiger partial charge on any atom is 0.256 e. The number of anilines is 2. The molecule has 0 unspecified atom stereocenters. The van der Waals surface area contributed by atoms with Crippen molar-refractivity contribution in [3.05, 3.63) is 89.0 Å². The summed E-state index contributed by atoms with van der Waals surface area (Å²) in [5.41, 5.74) is 2.08. The Morgan fingerprint density at radius 3 is 0.981 bits per heavy atom. The van der Waals surface area contributed by atoms with Gasteiger partial charge in [-0.1, -0.05) is 83.1 Å². The number of benzene rings is 2. The number of hydrogen-bond donors (Lipinski definition) is 2. The van der Waals surface area contributed by atoms with Crippen molar-refractivity contribution in [2.24, 2.45) is 0 Å². The lowest BCUT2D eigenvalue weighted by Crippen LogP contribution is -2.48. The molecule has 4 aliphatic carbocycles. The molecule has 4 fully saturated rings. The van der Waals surface area contributed by atoms with Gasteiger partial charge in [-0.05, 0) is 112 Å². The highest BCUT2D eigenvalue weighted by Gasteiger charge is 2.34. The minimum atomic E-state index is -0.350. The van der Waals surface area contributed by atoms with Crippen molar-refractivity contribution in [2.75, 3.05) is 10.6 Å². The fourth-order valence-electron chi connectivity index (χ4n) is 9.47. The van der Waals surface area contributed by atoms with Crippen LogP contribution in [0.4, 0.5) is 11.6 Å². The highest BCUT2D eigenvalue weighted by Crippen LogP contribution is 2.33. The second-order valence-corrected chi connectivity index (χ2v) is 16.1. The normalized spacial score (nSPS) is 19.1. The minimum absolute atomic E-state index is 0.0768. The molecule has 1 heterocycles. The highest BCUT2D eigenvalue weighted by atomic mass is 16.2. The molecule has 0 spiro atoms. The van der Waals surface area contributed by atoms with Crippen LogP contribution in [-0.4, -0.2) is 62.6 Å². The van der Waals surface area contributed by atoms with Gasteiger partial charge in [-0.3, -0.25) is 19.2 Å². The van der Waals surface area contributed by atoms with Gasteiger partial charge < -0.3 is 20.4 Å². The zero-order valence-corrected chi connectivity index (χ0v) is 31.8. The Hall–Kier alpha value is -4.53. The van der Waals surface area contributed by atoms with Crippen LogP contribution in [0.3, 0.4) is 0 Å². The summed E-state index contributed by atoms with van der Waals surface area (Å²) >= 11 is 0. The molecule has 0 aliphatic heterocycles. The van der Waals surface area contributed by atoms with Gasteiger partial charge in [0, 0.05) is 46.4 Å². The van der Waals surface area contributed by atoms with Crippen molar-refractivity contribution < 1.29 is 19.2 Å². The Labute approximate surface area is 320 Å². The minimum Gasteiger partial charge on any atom is -0.333 e. The molecule has 0 radical (unpaired) electrons. The quantitative estimate of drug-likeness (QED) is 0.216. The first-order chi connectivity index (χ1) is 26.4. The number of rotatable bonds is 10. The number of hydrogen-bond acceptors (Lipinski definition) is 5. The van der Waals surface area contributed by atoms with Crippen molar-refractivity contribution in [1.29, 1.82) is 0 Å². The van der Waals surface area contributed by atoms with Crippen molar-refractivity contribution in [1.82, 2.24) is 14.8 Å². The smallest absolute Gasteiger partial charge is 0.256 e. The Morgan fingerprint density at radius 2 is 0.685 bits per heavy atom. The lowest BCUT2D eigenvalue weighted by atomic mass is 9.88. The first-order valence-corrected chi connectivity index (χ1v) is 20.9. The van der Waals surface area contributed by atoms with Crippen LogP contribution in [0.15, 0.2) is 66.7 Å². The summed E-state index contributed by atoms with van der Waals surface area (Å²) in [5, 5.41) is 5.66. The van der Waals surface area contributed by atoms with E-state index in [-0.39, 0.29) is 23.6 Å².